The fourth-order valence-corrected chi connectivity index (χ4v) is 2.86. The van der Waals surface area contributed by atoms with Crippen molar-refractivity contribution >= 4 is 5.82 Å². The van der Waals surface area contributed by atoms with Gasteiger partial charge in [0.25, 0.3) is 0 Å². The van der Waals surface area contributed by atoms with Gasteiger partial charge in [-0.2, -0.15) is 4.98 Å². The normalized spacial score (nSPS) is 39.0. The summed E-state index contributed by atoms with van der Waals surface area (Å²) in [5, 5.41) is 25.9. The predicted molar refractivity (Wildman–Crippen MR) is 70.8 cm³/mol. The SMILES string of the molecule is CNc1ccn([C@@H]2O[C@]3(CN=[N+]=[N-])C(O)[C@]3(O)[C@H]2F)c(=O)n1. The maximum absolute atomic E-state index is 14.5. The molecule has 2 heterocycles. The first-order chi connectivity index (χ1) is 10.4. The van der Waals surface area contributed by atoms with Crippen LogP contribution < -0.4 is 11.0 Å². The third-order valence-electron chi connectivity index (χ3n) is 4.18. The number of azide groups is 1. The largest absolute Gasteiger partial charge is 0.387 e. The quantitative estimate of drug-likeness (QED) is 0.381. The number of fused-ring (bicyclic) bond motifs is 1. The van der Waals surface area contributed by atoms with Crippen molar-refractivity contribution in [3.8, 4) is 0 Å². The van der Waals surface area contributed by atoms with Crippen LogP contribution in [0.4, 0.5) is 10.2 Å². The van der Waals surface area contributed by atoms with Gasteiger partial charge in [0, 0.05) is 18.2 Å². The van der Waals surface area contributed by atoms with Crippen LogP contribution in [-0.4, -0.2) is 56.8 Å². The molecule has 0 bridgehead atoms. The summed E-state index contributed by atoms with van der Waals surface area (Å²) in [6, 6.07) is 1.43. The van der Waals surface area contributed by atoms with Gasteiger partial charge in [0.2, 0.25) is 0 Å². The zero-order chi connectivity index (χ0) is 16.1. The number of nitrogens with one attached hydrogen (secondary N) is 1. The molecule has 1 saturated carbocycles. The lowest BCUT2D eigenvalue weighted by Gasteiger charge is -2.22. The molecule has 10 nitrogen and oxygen atoms in total. The molecule has 0 spiro atoms. The van der Waals surface area contributed by atoms with Crippen LogP contribution in [0.2, 0.25) is 0 Å². The van der Waals surface area contributed by atoms with Gasteiger partial charge in [0.15, 0.2) is 18.0 Å². The fraction of sp³-hybridized carbons (Fsp3) is 0.636. The van der Waals surface area contributed by atoms with E-state index in [1.165, 1.54) is 12.3 Å². The van der Waals surface area contributed by atoms with Crippen molar-refractivity contribution in [3.05, 3.63) is 33.2 Å². The number of ether oxygens (including phenoxy) is 1. The van der Waals surface area contributed by atoms with Crippen molar-refractivity contribution in [1.82, 2.24) is 9.55 Å². The van der Waals surface area contributed by atoms with E-state index in [4.69, 9.17) is 10.3 Å². The van der Waals surface area contributed by atoms with Gasteiger partial charge in [-0.25, -0.2) is 9.18 Å². The Balaban J connectivity index is 1.96. The topological polar surface area (TPSA) is 145 Å². The first-order valence-electron chi connectivity index (χ1n) is 6.42. The van der Waals surface area contributed by atoms with E-state index in [1.54, 1.807) is 7.05 Å². The molecular formula is C11H13FN6O4. The number of hydrogen-bond donors (Lipinski definition) is 3. The fourth-order valence-electron chi connectivity index (χ4n) is 2.86. The van der Waals surface area contributed by atoms with Crippen LogP contribution in [-0.2, 0) is 4.74 Å². The predicted octanol–water partition coefficient (Wildman–Crippen LogP) is -0.693. The molecule has 5 atom stereocenters. The number of aliphatic hydroxyl groups is 2. The van der Waals surface area contributed by atoms with Crippen LogP contribution in [0.25, 0.3) is 10.4 Å². The third-order valence-corrected chi connectivity index (χ3v) is 4.18. The lowest BCUT2D eigenvalue weighted by atomic mass is 10.1. The molecule has 1 saturated heterocycles. The average Bonchev–Trinajstić information content (AvgIpc) is 2.87. The number of anilines is 1. The van der Waals surface area contributed by atoms with E-state index in [1.807, 2.05) is 0 Å². The second-order valence-electron chi connectivity index (χ2n) is 5.17. The van der Waals surface area contributed by atoms with Gasteiger partial charge in [0.1, 0.15) is 17.5 Å². The second kappa shape index (κ2) is 4.65. The van der Waals surface area contributed by atoms with Gasteiger partial charge in [-0.15, -0.1) is 0 Å². The molecule has 2 fully saturated rings. The maximum atomic E-state index is 14.5. The molecule has 0 radical (unpaired) electrons. The second-order valence-corrected chi connectivity index (χ2v) is 5.17. The standard InChI is InChI=1S/C11H13FN6O4/c1-14-5-2-3-18(9(20)16-5)7-6(12)11(21)8(19)10(11,22-7)4-15-17-13/h2-3,6-8,19,21H,4H2,1H3,(H,14,16,20)/t6-,7+,8?,10+,11+/m0/s1. The van der Waals surface area contributed by atoms with Crippen LogP contribution in [0, 0.1) is 0 Å². The van der Waals surface area contributed by atoms with Crippen LogP contribution in [0.1, 0.15) is 6.23 Å². The number of halogens is 1. The minimum absolute atomic E-state index is 0.294. The third kappa shape index (κ3) is 1.61. The highest BCUT2D eigenvalue weighted by atomic mass is 19.1. The van der Waals surface area contributed by atoms with Crippen molar-refractivity contribution in [2.75, 3.05) is 18.9 Å². The lowest BCUT2D eigenvalue weighted by Crippen LogP contribution is -2.38. The minimum atomic E-state index is -2.22. The Morgan fingerprint density at radius 3 is 3.05 bits per heavy atom. The van der Waals surface area contributed by atoms with Gasteiger partial charge < -0.3 is 20.3 Å². The summed E-state index contributed by atoms with van der Waals surface area (Å²) >= 11 is 0. The van der Waals surface area contributed by atoms with Crippen LogP contribution in [0.15, 0.2) is 22.2 Å². The van der Waals surface area contributed by atoms with Crippen molar-refractivity contribution in [1.29, 1.82) is 0 Å². The highest BCUT2D eigenvalue weighted by Crippen LogP contribution is 2.63. The van der Waals surface area contributed by atoms with E-state index in [0.29, 0.717) is 5.82 Å². The van der Waals surface area contributed by atoms with Crippen LogP contribution >= 0.6 is 0 Å². The summed E-state index contributed by atoms with van der Waals surface area (Å²) in [4.78, 5) is 18.1. The summed E-state index contributed by atoms with van der Waals surface area (Å²) in [6.07, 6.45) is -3.80. The average molecular weight is 312 g/mol. The zero-order valence-electron chi connectivity index (χ0n) is 11.4. The summed E-state index contributed by atoms with van der Waals surface area (Å²) in [6.45, 7) is -0.450. The highest BCUT2D eigenvalue weighted by molar-refractivity contribution is 5.37. The van der Waals surface area contributed by atoms with Crippen molar-refractivity contribution in [3.63, 3.8) is 0 Å². The molecule has 0 aromatic carbocycles. The lowest BCUT2D eigenvalue weighted by molar-refractivity contribution is -0.0903. The monoisotopic (exact) mass is 312 g/mol. The first-order valence-corrected chi connectivity index (χ1v) is 6.42. The van der Waals surface area contributed by atoms with Gasteiger partial charge in [-0.05, 0) is 11.6 Å². The van der Waals surface area contributed by atoms with E-state index >= 15 is 0 Å². The van der Waals surface area contributed by atoms with Crippen molar-refractivity contribution in [2.45, 2.75) is 29.7 Å². The molecule has 1 unspecified atom stereocenters. The summed E-state index contributed by atoms with van der Waals surface area (Å²) < 4.78 is 20.7. The Morgan fingerprint density at radius 2 is 2.45 bits per heavy atom. The number of nitrogens with zero attached hydrogens (tertiary/aromatic N) is 5. The van der Waals surface area contributed by atoms with E-state index in [-0.39, 0.29) is 0 Å². The van der Waals surface area contributed by atoms with E-state index in [9.17, 15) is 19.4 Å². The molecule has 11 heteroatoms. The Bertz CT molecular complexity index is 721. The maximum Gasteiger partial charge on any atom is 0.351 e. The van der Waals surface area contributed by atoms with Crippen LogP contribution in [0.3, 0.4) is 0 Å². The van der Waals surface area contributed by atoms with Gasteiger partial charge in [0.05, 0.1) is 6.54 Å². The molecule has 22 heavy (non-hydrogen) atoms. The molecule has 1 aromatic rings. The molecule has 2 aliphatic rings. The van der Waals surface area contributed by atoms with Crippen LogP contribution in [0.5, 0.6) is 0 Å². The molecule has 1 aliphatic heterocycles. The molecule has 3 rings (SSSR count). The number of alkyl halides is 1. The van der Waals surface area contributed by atoms with E-state index in [0.717, 1.165) is 4.57 Å². The Labute approximate surface area is 122 Å². The number of aromatic nitrogens is 2. The summed E-state index contributed by atoms with van der Waals surface area (Å²) in [7, 11) is 1.57. The molecule has 118 valence electrons. The molecule has 3 N–H and O–H groups in total. The number of rotatable bonds is 4. The number of hydrogen-bond acceptors (Lipinski definition) is 7. The molecular weight excluding hydrogens is 299 g/mol. The first kappa shape index (κ1) is 14.7. The highest BCUT2D eigenvalue weighted by Gasteiger charge is 2.87. The number of aliphatic hydroxyl groups excluding tert-OH is 1. The summed E-state index contributed by atoms with van der Waals surface area (Å²) in [5.74, 6) is 0.294. The molecule has 1 aliphatic carbocycles. The Hall–Kier alpha value is -2.20. The Kier molecular flexibility index (Phi) is 3.11. The van der Waals surface area contributed by atoms with E-state index < -0.39 is 41.9 Å². The molecule has 1 aromatic heterocycles. The van der Waals surface area contributed by atoms with Gasteiger partial charge in [-0.1, -0.05) is 5.11 Å². The van der Waals surface area contributed by atoms with E-state index in [2.05, 4.69) is 20.3 Å². The summed E-state index contributed by atoms with van der Waals surface area (Å²) in [5.41, 5.74) is 3.61. The smallest absolute Gasteiger partial charge is 0.351 e. The van der Waals surface area contributed by atoms with Gasteiger partial charge in [-0.3, -0.25) is 4.57 Å². The van der Waals surface area contributed by atoms with Crippen molar-refractivity contribution in [2.24, 2.45) is 5.11 Å². The Morgan fingerprint density at radius 1 is 1.73 bits per heavy atom. The zero-order valence-corrected chi connectivity index (χ0v) is 11.4. The van der Waals surface area contributed by atoms with Gasteiger partial charge >= 0.3 is 5.69 Å². The van der Waals surface area contributed by atoms with Crippen molar-refractivity contribution < 1.29 is 19.3 Å². The minimum Gasteiger partial charge on any atom is -0.387 e. The molecule has 0 amide bonds.